The second-order valence-electron chi connectivity index (χ2n) is 5.26. The number of carbonyl (C=O) groups excluding carboxylic acids is 2. The molecule has 0 aromatic heterocycles. The first-order chi connectivity index (χ1) is 9.96. The van der Waals surface area contributed by atoms with Gasteiger partial charge >= 0.3 is 0 Å². The Morgan fingerprint density at radius 1 is 1.43 bits per heavy atom. The van der Waals surface area contributed by atoms with Gasteiger partial charge in [-0.15, -0.1) is 23.5 Å². The van der Waals surface area contributed by atoms with Gasteiger partial charge in [0.2, 0.25) is 0 Å². The third-order valence-corrected chi connectivity index (χ3v) is 6.79. The molecule has 114 valence electrons. The molecule has 0 bridgehead atoms. The van der Waals surface area contributed by atoms with E-state index in [4.69, 9.17) is 0 Å². The summed E-state index contributed by atoms with van der Waals surface area (Å²) in [6.45, 7) is -0.469. The summed E-state index contributed by atoms with van der Waals surface area (Å²) in [6, 6.07) is 0. The Morgan fingerprint density at radius 2 is 2.19 bits per heavy atom. The largest absolute Gasteiger partial charge is 0.392 e. The number of nitrogens with one attached hydrogen (secondary N) is 2. The Balaban J connectivity index is 1.89. The number of aliphatic hydroxyl groups is 2. The molecule has 1 aliphatic carbocycles. The van der Waals surface area contributed by atoms with Gasteiger partial charge in [0.25, 0.3) is 11.8 Å². The number of hydrogen-bond donors (Lipinski definition) is 4. The number of hydrogen-bond acceptors (Lipinski definition) is 6. The van der Waals surface area contributed by atoms with Crippen molar-refractivity contribution >= 4 is 35.3 Å². The van der Waals surface area contributed by atoms with E-state index in [1.54, 1.807) is 18.4 Å². The van der Waals surface area contributed by atoms with Crippen LogP contribution < -0.4 is 10.6 Å². The molecular formula is C13H16N2O4S2. The maximum Gasteiger partial charge on any atom is 0.260 e. The molecule has 0 aromatic rings. The summed E-state index contributed by atoms with van der Waals surface area (Å²) >= 11 is 2.35. The van der Waals surface area contributed by atoms with E-state index in [0.29, 0.717) is 6.42 Å². The number of piperazine rings is 1. The molecule has 3 aliphatic rings. The van der Waals surface area contributed by atoms with E-state index in [2.05, 4.69) is 10.6 Å². The summed E-state index contributed by atoms with van der Waals surface area (Å²) in [5.74, 6) is -0.746. The van der Waals surface area contributed by atoms with E-state index in [9.17, 15) is 19.8 Å². The molecule has 2 saturated heterocycles. The van der Waals surface area contributed by atoms with E-state index < -0.39 is 28.4 Å². The van der Waals surface area contributed by atoms with Gasteiger partial charge in [-0.25, -0.2) is 0 Å². The van der Waals surface area contributed by atoms with Crippen molar-refractivity contribution in [1.82, 2.24) is 10.6 Å². The number of allylic oxidation sites excluding steroid dienone is 2. The molecule has 2 aliphatic heterocycles. The lowest BCUT2D eigenvalue weighted by Gasteiger charge is -2.42. The highest BCUT2D eigenvalue weighted by Crippen LogP contribution is 2.49. The molecule has 21 heavy (non-hydrogen) atoms. The van der Waals surface area contributed by atoms with Crippen LogP contribution >= 0.6 is 23.5 Å². The quantitative estimate of drug-likeness (QED) is 0.537. The van der Waals surface area contributed by atoms with Crippen molar-refractivity contribution < 1.29 is 19.8 Å². The molecule has 0 saturated carbocycles. The first-order valence-corrected chi connectivity index (χ1v) is 8.61. The third kappa shape index (κ3) is 2.12. The second kappa shape index (κ2) is 5.05. The molecule has 0 aromatic carbocycles. The van der Waals surface area contributed by atoms with E-state index in [1.807, 2.05) is 6.08 Å². The van der Waals surface area contributed by atoms with Crippen LogP contribution in [0.1, 0.15) is 6.42 Å². The van der Waals surface area contributed by atoms with Crippen LogP contribution in [0.4, 0.5) is 0 Å². The van der Waals surface area contributed by atoms with Gasteiger partial charge in [0, 0.05) is 6.42 Å². The average molecular weight is 328 g/mol. The lowest BCUT2D eigenvalue weighted by Crippen LogP contribution is -2.73. The van der Waals surface area contributed by atoms with Gasteiger partial charge in [-0.05, 0) is 6.26 Å². The van der Waals surface area contributed by atoms with Gasteiger partial charge in [-0.2, -0.15) is 0 Å². The number of carbonyl (C=O) groups is 2. The van der Waals surface area contributed by atoms with Gasteiger partial charge in [0.15, 0.2) is 9.74 Å². The summed E-state index contributed by atoms with van der Waals surface area (Å²) in [5.41, 5.74) is 0.936. The Morgan fingerprint density at radius 3 is 2.81 bits per heavy atom. The van der Waals surface area contributed by atoms with Crippen LogP contribution in [0.3, 0.4) is 0 Å². The summed E-state index contributed by atoms with van der Waals surface area (Å²) in [6.07, 6.45) is 6.66. The predicted octanol–water partition coefficient (Wildman–Crippen LogP) is -0.657. The van der Waals surface area contributed by atoms with Crippen LogP contribution in [0.5, 0.6) is 0 Å². The Bertz CT molecular complexity index is 558. The minimum atomic E-state index is -1.33. The van der Waals surface area contributed by atoms with E-state index in [1.165, 1.54) is 11.8 Å². The zero-order chi connectivity index (χ0) is 15.3. The molecule has 2 amide bonds. The molecular weight excluding hydrogens is 312 g/mol. The standard InChI is InChI=1S/C13H16N2O4S2/c1-20-13(6-16)11(19)14-12(10(18)15-13)5-7-3-2-4-8(17)9(7)21-12/h2-4,8-9,16-17H,5-6H2,1H3,(H,14,19)(H,15,18). The average Bonchev–Trinajstić information content (AvgIpc) is 2.84. The molecule has 8 heteroatoms. The predicted molar refractivity (Wildman–Crippen MR) is 81.6 cm³/mol. The molecule has 4 N–H and O–H groups in total. The van der Waals surface area contributed by atoms with Crippen molar-refractivity contribution in [3.8, 4) is 0 Å². The first-order valence-electron chi connectivity index (χ1n) is 6.51. The minimum absolute atomic E-state index is 0.225. The highest BCUT2D eigenvalue weighted by molar-refractivity contribution is 8.02. The lowest BCUT2D eigenvalue weighted by molar-refractivity contribution is -0.140. The third-order valence-electron chi connectivity index (χ3n) is 4.01. The van der Waals surface area contributed by atoms with Gasteiger partial charge in [-0.1, -0.05) is 23.8 Å². The summed E-state index contributed by atoms with van der Waals surface area (Å²) in [5, 5.41) is 24.6. The van der Waals surface area contributed by atoms with Crippen molar-refractivity contribution in [1.29, 1.82) is 0 Å². The Hall–Kier alpha value is -0.960. The Labute approximate surface area is 130 Å². The fourth-order valence-corrected chi connectivity index (χ4v) is 4.87. The monoisotopic (exact) mass is 328 g/mol. The number of amides is 2. The van der Waals surface area contributed by atoms with Crippen molar-refractivity contribution in [2.75, 3.05) is 12.9 Å². The van der Waals surface area contributed by atoms with Crippen LogP contribution in [-0.2, 0) is 9.59 Å². The van der Waals surface area contributed by atoms with Crippen molar-refractivity contribution in [2.24, 2.45) is 0 Å². The van der Waals surface area contributed by atoms with Gasteiger partial charge < -0.3 is 20.8 Å². The first kappa shape index (κ1) is 15.0. The van der Waals surface area contributed by atoms with Crippen molar-refractivity contribution in [3.05, 3.63) is 23.8 Å². The van der Waals surface area contributed by atoms with Crippen molar-refractivity contribution in [3.63, 3.8) is 0 Å². The van der Waals surface area contributed by atoms with E-state index in [0.717, 1.165) is 17.3 Å². The Kier molecular flexibility index (Phi) is 3.59. The van der Waals surface area contributed by atoms with Crippen LogP contribution in [0, 0.1) is 0 Å². The van der Waals surface area contributed by atoms with Crippen LogP contribution in [0.2, 0.25) is 0 Å². The highest BCUT2D eigenvalue weighted by atomic mass is 32.2. The van der Waals surface area contributed by atoms with Crippen LogP contribution in [0.15, 0.2) is 23.8 Å². The lowest BCUT2D eigenvalue weighted by atomic mass is 9.94. The normalized spacial score (nSPS) is 41.6. The van der Waals surface area contributed by atoms with E-state index in [-0.39, 0.29) is 11.2 Å². The summed E-state index contributed by atoms with van der Waals surface area (Å²) < 4.78 is 0. The van der Waals surface area contributed by atoms with Gasteiger partial charge in [0.1, 0.15) is 0 Å². The second-order valence-corrected chi connectivity index (χ2v) is 7.80. The van der Waals surface area contributed by atoms with Crippen LogP contribution in [0.25, 0.3) is 0 Å². The topological polar surface area (TPSA) is 98.7 Å². The fraction of sp³-hybridized carbons (Fsp3) is 0.538. The molecule has 2 heterocycles. The molecule has 0 radical (unpaired) electrons. The van der Waals surface area contributed by atoms with E-state index >= 15 is 0 Å². The molecule has 2 fully saturated rings. The number of fused-ring (bicyclic) bond motifs is 1. The maximum atomic E-state index is 12.5. The maximum absolute atomic E-state index is 12.5. The number of rotatable bonds is 2. The molecule has 1 spiro atoms. The zero-order valence-electron chi connectivity index (χ0n) is 11.3. The SMILES string of the molecule is CSC1(CO)NC(=O)C2(CC3=CC=CC(O)C3S2)NC1=O. The van der Waals surface area contributed by atoms with Gasteiger partial charge in [0.05, 0.1) is 18.0 Å². The number of thioether (sulfide) groups is 2. The van der Waals surface area contributed by atoms with Crippen molar-refractivity contribution in [2.45, 2.75) is 27.5 Å². The molecule has 3 rings (SSSR count). The van der Waals surface area contributed by atoms with Gasteiger partial charge in [-0.3, -0.25) is 9.59 Å². The molecule has 4 unspecified atom stereocenters. The fourth-order valence-electron chi connectivity index (χ4n) is 2.77. The molecule has 6 nitrogen and oxygen atoms in total. The zero-order valence-corrected chi connectivity index (χ0v) is 13.0. The highest BCUT2D eigenvalue weighted by Gasteiger charge is 2.58. The minimum Gasteiger partial charge on any atom is -0.392 e. The van der Waals surface area contributed by atoms with Crippen LogP contribution in [-0.4, -0.2) is 56.0 Å². The molecule has 4 atom stereocenters. The summed E-state index contributed by atoms with van der Waals surface area (Å²) in [4.78, 5) is 22.5. The number of aliphatic hydroxyl groups excluding tert-OH is 2. The summed E-state index contributed by atoms with van der Waals surface area (Å²) in [7, 11) is 0. The smallest absolute Gasteiger partial charge is 0.260 e.